The summed E-state index contributed by atoms with van der Waals surface area (Å²) in [7, 11) is 0. The maximum Gasteiger partial charge on any atom is 0.246 e. The van der Waals surface area contributed by atoms with Crippen LogP contribution in [0.2, 0.25) is 0 Å². The summed E-state index contributed by atoms with van der Waals surface area (Å²) in [5.74, 6) is 0.121. The van der Waals surface area contributed by atoms with Crippen LogP contribution < -0.4 is 15.1 Å². The predicted molar refractivity (Wildman–Crippen MR) is 101 cm³/mol. The van der Waals surface area contributed by atoms with Crippen LogP contribution in [-0.2, 0) is 4.79 Å². The maximum absolute atomic E-state index is 12.9. The van der Waals surface area contributed by atoms with Crippen LogP contribution in [0, 0.1) is 0 Å². The van der Waals surface area contributed by atoms with Crippen LogP contribution in [0.15, 0.2) is 54.6 Å². The molecule has 0 spiro atoms. The number of nitrogens with zero attached hydrogens (tertiary/aromatic N) is 2. The van der Waals surface area contributed by atoms with Crippen LogP contribution in [0.3, 0.4) is 0 Å². The number of rotatable bonds is 4. The smallest absolute Gasteiger partial charge is 0.246 e. The van der Waals surface area contributed by atoms with Gasteiger partial charge in [0.15, 0.2) is 0 Å². The average Bonchev–Trinajstić information content (AvgIpc) is 2.55. The van der Waals surface area contributed by atoms with E-state index in [2.05, 4.69) is 36.2 Å². The number of para-hydroxylation sites is 3. The van der Waals surface area contributed by atoms with E-state index in [0.29, 0.717) is 13.1 Å². The number of hydrogen-bond acceptors (Lipinski definition) is 3. The maximum atomic E-state index is 12.9. The zero-order valence-corrected chi connectivity index (χ0v) is 14.6. The zero-order chi connectivity index (χ0) is 17.2. The molecule has 0 fully saturated rings. The van der Waals surface area contributed by atoms with Crippen molar-refractivity contribution < 1.29 is 4.79 Å². The predicted octanol–water partition coefficient (Wildman–Crippen LogP) is 3.75. The molecular weight excluding hydrogens is 298 g/mol. The Morgan fingerprint density at radius 3 is 2.50 bits per heavy atom. The van der Waals surface area contributed by atoms with E-state index in [4.69, 9.17) is 0 Å². The van der Waals surface area contributed by atoms with E-state index in [1.165, 1.54) is 0 Å². The lowest BCUT2D eigenvalue weighted by Gasteiger charge is -2.42. The molecule has 1 aliphatic rings. The molecule has 126 valence electrons. The van der Waals surface area contributed by atoms with Crippen molar-refractivity contribution in [1.82, 2.24) is 0 Å². The first-order chi connectivity index (χ1) is 11.5. The number of carbonyl (C=O) groups excluding carboxylic acids is 1. The van der Waals surface area contributed by atoms with Crippen molar-refractivity contribution >= 4 is 23.0 Å². The van der Waals surface area contributed by atoms with Gasteiger partial charge in [-0.2, -0.15) is 0 Å². The number of nitrogens with one attached hydrogen (secondary N) is 1. The minimum absolute atomic E-state index is 0.0710. The molecule has 2 aromatic rings. The first kappa shape index (κ1) is 16.4. The minimum atomic E-state index is -0.0710. The Morgan fingerprint density at radius 2 is 1.79 bits per heavy atom. The van der Waals surface area contributed by atoms with Crippen LogP contribution in [-0.4, -0.2) is 31.1 Å². The van der Waals surface area contributed by atoms with Gasteiger partial charge in [0.1, 0.15) is 0 Å². The SMILES string of the molecule is CCN(C(=O)CN1CC(C)(C)Nc2ccccc21)c1ccccc1. The molecular formula is C20H25N3O. The summed E-state index contributed by atoms with van der Waals surface area (Å²) < 4.78 is 0. The second kappa shape index (κ2) is 6.56. The molecule has 0 saturated carbocycles. The highest BCUT2D eigenvalue weighted by atomic mass is 16.2. The largest absolute Gasteiger partial charge is 0.377 e. The van der Waals surface area contributed by atoms with Crippen molar-refractivity contribution in [1.29, 1.82) is 0 Å². The van der Waals surface area contributed by atoms with E-state index >= 15 is 0 Å². The molecule has 0 unspecified atom stereocenters. The van der Waals surface area contributed by atoms with Gasteiger partial charge >= 0.3 is 0 Å². The Morgan fingerprint density at radius 1 is 1.12 bits per heavy atom. The van der Waals surface area contributed by atoms with Gasteiger partial charge in [-0.15, -0.1) is 0 Å². The molecule has 1 heterocycles. The van der Waals surface area contributed by atoms with Crippen LogP contribution in [0.4, 0.5) is 17.1 Å². The fourth-order valence-electron chi connectivity index (χ4n) is 3.32. The van der Waals surface area contributed by atoms with E-state index in [9.17, 15) is 4.79 Å². The molecule has 2 aromatic carbocycles. The number of amides is 1. The summed E-state index contributed by atoms with van der Waals surface area (Å²) in [6.45, 7) is 8.18. The lowest BCUT2D eigenvalue weighted by Crippen LogP contribution is -2.51. The van der Waals surface area contributed by atoms with Gasteiger partial charge < -0.3 is 15.1 Å². The van der Waals surface area contributed by atoms with E-state index < -0.39 is 0 Å². The van der Waals surface area contributed by atoms with Crippen molar-refractivity contribution in [3.63, 3.8) is 0 Å². The summed E-state index contributed by atoms with van der Waals surface area (Å²) in [6.07, 6.45) is 0. The number of likely N-dealkylation sites (N-methyl/N-ethyl adjacent to an activating group) is 1. The summed E-state index contributed by atoms with van der Waals surface area (Å²) in [5, 5.41) is 3.55. The number of hydrogen-bond donors (Lipinski definition) is 1. The molecule has 1 aliphatic heterocycles. The van der Waals surface area contributed by atoms with Crippen molar-refractivity contribution in [3.8, 4) is 0 Å². The number of benzene rings is 2. The molecule has 0 bridgehead atoms. The third-order valence-electron chi connectivity index (χ3n) is 4.32. The highest BCUT2D eigenvalue weighted by molar-refractivity contribution is 5.97. The van der Waals surface area contributed by atoms with Gasteiger partial charge in [-0.1, -0.05) is 30.3 Å². The third-order valence-corrected chi connectivity index (χ3v) is 4.32. The van der Waals surface area contributed by atoms with Crippen molar-refractivity contribution in [2.45, 2.75) is 26.3 Å². The molecule has 1 N–H and O–H groups in total. The zero-order valence-electron chi connectivity index (χ0n) is 14.6. The summed E-state index contributed by atoms with van der Waals surface area (Å²) in [6, 6.07) is 18.1. The summed E-state index contributed by atoms with van der Waals surface area (Å²) >= 11 is 0. The number of carbonyl (C=O) groups is 1. The van der Waals surface area contributed by atoms with Gasteiger partial charge in [-0.05, 0) is 45.0 Å². The second-order valence-corrected chi connectivity index (χ2v) is 6.86. The van der Waals surface area contributed by atoms with Gasteiger partial charge in [0, 0.05) is 24.3 Å². The Hall–Kier alpha value is -2.49. The minimum Gasteiger partial charge on any atom is -0.377 e. The van der Waals surface area contributed by atoms with Gasteiger partial charge in [-0.3, -0.25) is 4.79 Å². The molecule has 24 heavy (non-hydrogen) atoms. The normalized spacial score (nSPS) is 15.4. The van der Waals surface area contributed by atoms with Crippen molar-refractivity contribution in [2.75, 3.05) is 34.8 Å². The third kappa shape index (κ3) is 3.37. The fraction of sp³-hybridized carbons (Fsp3) is 0.350. The van der Waals surface area contributed by atoms with Crippen LogP contribution in [0.1, 0.15) is 20.8 Å². The highest BCUT2D eigenvalue weighted by Crippen LogP contribution is 2.34. The Balaban J connectivity index is 1.83. The Bertz CT molecular complexity index is 712. The standard InChI is InChI=1S/C20H25N3O/c1-4-23(16-10-6-5-7-11-16)19(24)14-22-15-20(2,3)21-17-12-8-9-13-18(17)22/h5-13,21H,4,14-15H2,1-3H3. The molecule has 0 atom stereocenters. The first-order valence-electron chi connectivity index (χ1n) is 8.48. The van der Waals surface area contributed by atoms with Crippen LogP contribution in [0.5, 0.6) is 0 Å². The quantitative estimate of drug-likeness (QED) is 0.931. The molecule has 3 rings (SSSR count). The van der Waals surface area contributed by atoms with E-state index in [0.717, 1.165) is 23.6 Å². The Kier molecular flexibility index (Phi) is 4.47. The van der Waals surface area contributed by atoms with Crippen LogP contribution in [0.25, 0.3) is 0 Å². The van der Waals surface area contributed by atoms with E-state index in [1.54, 1.807) is 0 Å². The summed E-state index contributed by atoms with van der Waals surface area (Å²) in [4.78, 5) is 17.0. The molecule has 0 aromatic heterocycles. The Labute approximate surface area is 144 Å². The molecule has 0 aliphatic carbocycles. The van der Waals surface area contributed by atoms with Gasteiger partial charge in [0.05, 0.1) is 17.9 Å². The summed E-state index contributed by atoms with van der Waals surface area (Å²) in [5.41, 5.74) is 3.06. The second-order valence-electron chi connectivity index (χ2n) is 6.86. The van der Waals surface area contributed by atoms with Gasteiger partial charge in [0.25, 0.3) is 0 Å². The molecule has 4 heteroatoms. The lowest BCUT2D eigenvalue weighted by atomic mass is 9.99. The van der Waals surface area contributed by atoms with E-state index in [-0.39, 0.29) is 11.4 Å². The molecule has 1 amide bonds. The fourth-order valence-corrected chi connectivity index (χ4v) is 3.32. The topological polar surface area (TPSA) is 35.6 Å². The van der Waals surface area contributed by atoms with Gasteiger partial charge in [0.2, 0.25) is 5.91 Å². The van der Waals surface area contributed by atoms with Crippen LogP contribution >= 0.6 is 0 Å². The monoisotopic (exact) mass is 323 g/mol. The number of fused-ring (bicyclic) bond motifs is 1. The molecule has 0 radical (unpaired) electrons. The van der Waals surface area contributed by atoms with Crippen molar-refractivity contribution in [3.05, 3.63) is 54.6 Å². The average molecular weight is 323 g/mol. The molecule has 4 nitrogen and oxygen atoms in total. The number of anilines is 3. The lowest BCUT2D eigenvalue weighted by molar-refractivity contribution is -0.117. The van der Waals surface area contributed by atoms with Crippen molar-refractivity contribution in [2.24, 2.45) is 0 Å². The van der Waals surface area contributed by atoms with E-state index in [1.807, 2.05) is 54.3 Å². The molecule has 0 saturated heterocycles. The first-order valence-corrected chi connectivity index (χ1v) is 8.48. The van der Waals surface area contributed by atoms with Gasteiger partial charge in [-0.25, -0.2) is 0 Å². The highest BCUT2D eigenvalue weighted by Gasteiger charge is 2.31.